The molecule has 0 bridgehead atoms. The highest BCUT2D eigenvalue weighted by Crippen LogP contribution is 2.22. The molecule has 0 radical (unpaired) electrons. The number of carbonyl (C=O) groups excluding carboxylic acids is 2. The van der Waals surface area contributed by atoms with Gasteiger partial charge in [0, 0.05) is 31.8 Å². The molecule has 24 heavy (non-hydrogen) atoms. The molecule has 0 aliphatic carbocycles. The first-order chi connectivity index (χ1) is 11.6. The number of aryl methyl sites for hydroxylation is 1. The lowest BCUT2D eigenvalue weighted by Gasteiger charge is -2.36. The number of hydrogen-bond donors (Lipinski definition) is 0. The number of rotatable bonds is 5. The predicted octanol–water partition coefficient (Wildman–Crippen LogP) is 1.62. The fourth-order valence-electron chi connectivity index (χ4n) is 2.92. The summed E-state index contributed by atoms with van der Waals surface area (Å²) >= 11 is 0. The summed E-state index contributed by atoms with van der Waals surface area (Å²) in [4.78, 5) is 26.9. The van der Waals surface area contributed by atoms with E-state index in [1.165, 1.54) is 6.26 Å². The van der Waals surface area contributed by atoms with Crippen molar-refractivity contribution in [2.24, 2.45) is 7.05 Å². The Morgan fingerprint density at radius 1 is 1.46 bits per heavy atom. The molecule has 7 heteroatoms. The number of ketones is 1. The number of amides is 1. The summed E-state index contributed by atoms with van der Waals surface area (Å²) in [5, 5.41) is 4.12. The highest BCUT2D eigenvalue weighted by Gasteiger charge is 2.33. The molecule has 2 unspecified atom stereocenters. The van der Waals surface area contributed by atoms with Gasteiger partial charge in [-0.25, -0.2) is 0 Å². The van der Waals surface area contributed by atoms with E-state index in [1.54, 1.807) is 27.9 Å². The number of aromatic nitrogens is 2. The lowest BCUT2D eigenvalue weighted by atomic mass is 10.00. The smallest absolute Gasteiger partial charge is 0.230 e. The Hall–Kier alpha value is -2.41. The summed E-state index contributed by atoms with van der Waals surface area (Å²) < 4.78 is 12.3. The highest BCUT2D eigenvalue weighted by atomic mass is 16.5. The van der Waals surface area contributed by atoms with Crippen LogP contribution in [0.4, 0.5) is 0 Å². The van der Waals surface area contributed by atoms with E-state index >= 15 is 0 Å². The van der Waals surface area contributed by atoms with Crippen LogP contribution in [-0.2, 0) is 16.6 Å². The zero-order chi connectivity index (χ0) is 17.1. The lowest BCUT2D eigenvalue weighted by Crippen LogP contribution is -2.50. The molecule has 2 aromatic heterocycles. The van der Waals surface area contributed by atoms with E-state index in [1.807, 2.05) is 20.2 Å². The molecule has 0 spiro atoms. The molecule has 3 rings (SSSR count). The van der Waals surface area contributed by atoms with Crippen molar-refractivity contribution in [1.82, 2.24) is 14.7 Å². The summed E-state index contributed by atoms with van der Waals surface area (Å²) in [5.41, 5.74) is 0.866. The summed E-state index contributed by atoms with van der Waals surface area (Å²) in [7, 11) is 1.82. The van der Waals surface area contributed by atoms with Crippen molar-refractivity contribution in [3.05, 3.63) is 42.1 Å². The van der Waals surface area contributed by atoms with Crippen molar-refractivity contribution in [2.75, 3.05) is 19.8 Å². The molecule has 0 N–H and O–H groups in total. The molecule has 7 nitrogen and oxygen atoms in total. The standard InChI is InChI=1S/C17H21N3O4/c1-12(13-9-18-19(2)10-13)17(22)20-5-7-23-11-14(20)8-15(21)16-4-3-6-24-16/h3-4,6,9-10,12,14H,5,7-8,11H2,1-2H3. The van der Waals surface area contributed by atoms with Crippen LogP contribution in [-0.4, -0.2) is 52.2 Å². The largest absolute Gasteiger partial charge is 0.461 e. The number of nitrogens with zero attached hydrogens (tertiary/aromatic N) is 3. The minimum Gasteiger partial charge on any atom is -0.461 e. The van der Waals surface area contributed by atoms with Crippen LogP contribution >= 0.6 is 0 Å². The van der Waals surface area contributed by atoms with Gasteiger partial charge in [-0.15, -0.1) is 0 Å². The van der Waals surface area contributed by atoms with Gasteiger partial charge < -0.3 is 14.1 Å². The Balaban J connectivity index is 1.71. The first-order valence-corrected chi connectivity index (χ1v) is 7.99. The maximum atomic E-state index is 12.9. The Morgan fingerprint density at radius 2 is 2.29 bits per heavy atom. The third-order valence-electron chi connectivity index (χ3n) is 4.32. The average Bonchev–Trinajstić information content (AvgIpc) is 3.25. The van der Waals surface area contributed by atoms with E-state index in [0.717, 1.165) is 5.56 Å². The quantitative estimate of drug-likeness (QED) is 0.778. The van der Waals surface area contributed by atoms with Crippen molar-refractivity contribution in [2.45, 2.75) is 25.3 Å². The molecular weight excluding hydrogens is 310 g/mol. The SMILES string of the molecule is CC(C(=O)N1CCOCC1CC(=O)c1ccco1)c1cnn(C)c1. The molecule has 2 atom stereocenters. The minimum atomic E-state index is -0.307. The second-order valence-electron chi connectivity index (χ2n) is 6.03. The first-order valence-electron chi connectivity index (χ1n) is 7.99. The van der Waals surface area contributed by atoms with Crippen LogP contribution in [0.1, 0.15) is 35.4 Å². The maximum Gasteiger partial charge on any atom is 0.230 e. The summed E-state index contributed by atoms with van der Waals surface area (Å²) in [6.45, 7) is 3.19. The number of Topliss-reactive ketones (excluding diaryl/α,β-unsaturated/α-hetero) is 1. The van der Waals surface area contributed by atoms with Gasteiger partial charge in [0.1, 0.15) is 0 Å². The van der Waals surface area contributed by atoms with Crippen LogP contribution in [0, 0.1) is 0 Å². The first kappa shape index (κ1) is 16.4. The van der Waals surface area contributed by atoms with E-state index in [0.29, 0.717) is 25.5 Å². The molecule has 1 aliphatic heterocycles. The molecule has 1 saturated heterocycles. The molecule has 0 aromatic carbocycles. The monoisotopic (exact) mass is 331 g/mol. The van der Waals surface area contributed by atoms with Crippen LogP contribution in [0.5, 0.6) is 0 Å². The van der Waals surface area contributed by atoms with Gasteiger partial charge >= 0.3 is 0 Å². The second-order valence-corrected chi connectivity index (χ2v) is 6.03. The lowest BCUT2D eigenvalue weighted by molar-refractivity contribution is -0.141. The van der Waals surface area contributed by atoms with E-state index in [9.17, 15) is 9.59 Å². The molecule has 128 valence electrons. The Labute approximate surface area is 140 Å². The van der Waals surface area contributed by atoms with Gasteiger partial charge in [0.25, 0.3) is 0 Å². The Bertz CT molecular complexity index is 707. The summed E-state index contributed by atoms with van der Waals surface area (Å²) in [6, 6.07) is 3.04. The fourth-order valence-corrected chi connectivity index (χ4v) is 2.92. The van der Waals surface area contributed by atoms with Crippen LogP contribution < -0.4 is 0 Å². The van der Waals surface area contributed by atoms with Gasteiger partial charge in [0.15, 0.2) is 11.5 Å². The van der Waals surface area contributed by atoms with E-state index in [-0.39, 0.29) is 30.1 Å². The van der Waals surface area contributed by atoms with E-state index in [2.05, 4.69) is 5.10 Å². The van der Waals surface area contributed by atoms with Crippen molar-refractivity contribution in [1.29, 1.82) is 0 Å². The van der Waals surface area contributed by atoms with Gasteiger partial charge in [-0.1, -0.05) is 0 Å². The van der Waals surface area contributed by atoms with Gasteiger partial charge in [-0.3, -0.25) is 14.3 Å². The number of ether oxygens (including phenoxy) is 1. The van der Waals surface area contributed by atoms with Crippen molar-refractivity contribution in [3.63, 3.8) is 0 Å². The third-order valence-corrected chi connectivity index (χ3v) is 4.32. The molecule has 0 saturated carbocycles. The number of morpholine rings is 1. The van der Waals surface area contributed by atoms with Crippen LogP contribution in [0.2, 0.25) is 0 Å². The summed E-state index contributed by atoms with van der Waals surface area (Å²) in [6.07, 6.45) is 5.20. The Kier molecular flexibility index (Phi) is 4.80. The van der Waals surface area contributed by atoms with E-state index in [4.69, 9.17) is 9.15 Å². The van der Waals surface area contributed by atoms with Gasteiger partial charge in [-0.2, -0.15) is 5.10 Å². The summed E-state index contributed by atoms with van der Waals surface area (Å²) in [5.74, 6) is -0.128. The van der Waals surface area contributed by atoms with E-state index < -0.39 is 0 Å². The Morgan fingerprint density at radius 3 is 2.96 bits per heavy atom. The number of carbonyl (C=O) groups is 2. The van der Waals surface area contributed by atoms with Gasteiger partial charge in [0.2, 0.25) is 5.91 Å². The number of hydrogen-bond acceptors (Lipinski definition) is 5. The highest BCUT2D eigenvalue weighted by molar-refractivity contribution is 5.94. The normalized spacial score (nSPS) is 19.2. The maximum absolute atomic E-state index is 12.9. The molecule has 1 amide bonds. The topological polar surface area (TPSA) is 77.6 Å². The van der Waals surface area contributed by atoms with Crippen LogP contribution in [0.25, 0.3) is 0 Å². The van der Waals surface area contributed by atoms with Crippen molar-refractivity contribution >= 4 is 11.7 Å². The van der Waals surface area contributed by atoms with Crippen LogP contribution in [0.15, 0.2) is 35.2 Å². The molecular formula is C17H21N3O4. The molecule has 3 heterocycles. The van der Waals surface area contributed by atoms with Gasteiger partial charge in [-0.05, 0) is 19.1 Å². The van der Waals surface area contributed by atoms with Gasteiger partial charge in [0.05, 0.1) is 37.6 Å². The second kappa shape index (κ2) is 7.00. The zero-order valence-corrected chi connectivity index (χ0v) is 13.8. The molecule has 1 aliphatic rings. The van der Waals surface area contributed by atoms with Crippen molar-refractivity contribution in [3.8, 4) is 0 Å². The molecule has 1 fully saturated rings. The zero-order valence-electron chi connectivity index (χ0n) is 13.8. The predicted molar refractivity (Wildman–Crippen MR) is 85.6 cm³/mol. The average molecular weight is 331 g/mol. The van der Waals surface area contributed by atoms with Crippen LogP contribution in [0.3, 0.4) is 0 Å². The third kappa shape index (κ3) is 3.41. The fraction of sp³-hybridized carbons (Fsp3) is 0.471. The minimum absolute atomic E-state index is 0.0106. The van der Waals surface area contributed by atoms with Crippen molar-refractivity contribution < 1.29 is 18.7 Å². The molecule has 2 aromatic rings. The number of furan rings is 1.